The highest BCUT2D eigenvalue weighted by Crippen LogP contribution is 2.33. The van der Waals surface area contributed by atoms with Crippen molar-refractivity contribution in [2.24, 2.45) is 0 Å². The molecule has 3 rings (SSSR count). The molecule has 11 heteroatoms. The predicted molar refractivity (Wildman–Crippen MR) is 127 cm³/mol. The third-order valence-corrected chi connectivity index (χ3v) is 5.41. The second kappa shape index (κ2) is 13.0. The molecule has 34 heavy (non-hydrogen) atoms. The minimum absolute atomic E-state index is 0.0777. The topological polar surface area (TPSA) is 98.7 Å². The van der Waals surface area contributed by atoms with Crippen molar-refractivity contribution < 1.29 is 33.7 Å². The number of nitrogens with one attached hydrogen (secondary N) is 1. The Labute approximate surface area is 208 Å². The Morgan fingerprint density at radius 1 is 1.21 bits per heavy atom. The highest BCUT2D eigenvalue weighted by molar-refractivity contribution is 6.32. The van der Waals surface area contributed by atoms with E-state index in [9.17, 15) is 9.90 Å². The average molecular weight is 515 g/mol. The van der Waals surface area contributed by atoms with Crippen LogP contribution in [0.15, 0.2) is 36.4 Å². The van der Waals surface area contributed by atoms with Gasteiger partial charge in [0.2, 0.25) is 0 Å². The third-order valence-electron chi connectivity index (χ3n) is 4.86. The van der Waals surface area contributed by atoms with E-state index in [1.165, 1.54) is 19.2 Å². The van der Waals surface area contributed by atoms with E-state index >= 15 is 0 Å². The first kappa shape index (κ1) is 26.3. The number of β-amino-alcohol motifs (C(OH)–C–C–N with tert-alkyl or cyclic N) is 1. The van der Waals surface area contributed by atoms with Gasteiger partial charge in [0, 0.05) is 25.2 Å². The van der Waals surface area contributed by atoms with E-state index in [-0.39, 0.29) is 48.1 Å². The van der Waals surface area contributed by atoms with Gasteiger partial charge in [0.05, 0.1) is 30.3 Å². The summed E-state index contributed by atoms with van der Waals surface area (Å²) in [6, 6.07) is 10.1. The maximum Gasteiger partial charge on any atom is 0.254 e. The molecule has 0 bridgehead atoms. The lowest BCUT2D eigenvalue weighted by Crippen LogP contribution is -2.35. The summed E-state index contributed by atoms with van der Waals surface area (Å²) in [6.07, 6.45) is -1.07. The molecule has 1 saturated heterocycles. The number of hydrogen-bond acceptors (Lipinski definition) is 8. The summed E-state index contributed by atoms with van der Waals surface area (Å²) in [5.41, 5.74) is 0.229. The van der Waals surface area contributed by atoms with Crippen molar-refractivity contribution in [1.82, 2.24) is 10.4 Å². The molecule has 0 aliphatic carbocycles. The molecule has 1 heterocycles. The maximum absolute atomic E-state index is 12.3. The fourth-order valence-electron chi connectivity index (χ4n) is 3.21. The summed E-state index contributed by atoms with van der Waals surface area (Å²) < 4.78 is 22.2. The maximum atomic E-state index is 12.3. The fourth-order valence-corrected chi connectivity index (χ4v) is 3.56. The summed E-state index contributed by atoms with van der Waals surface area (Å²) in [6.45, 7) is 1.61. The van der Waals surface area contributed by atoms with Gasteiger partial charge in [-0.3, -0.25) is 9.63 Å². The van der Waals surface area contributed by atoms with Crippen LogP contribution in [0.1, 0.15) is 10.4 Å². The van der Waals surface area contributed by atoms with Gasteiger partial charge in [-0.25, -0.2) is 0 Å². The number of carbonyl (C=O) groups excluding carboxylic acids is 1. The SMILES string of the molecule is CNC(=O)c1cc(Cl)c(OCCOC)cc1OC[C@@H](O)CN1C[C@@H](Oc2ccc(Cl)cc2)CO1. The van der Waals surface area contributed by atoms with Gasteiger partial charge in [-0.15, -0.1) is 0 Å². The van der Waals surface area contributed by atoms with E-state index in [0.29, 0.717) is 36.3 Å². The zero-order chi connectivity index (χ0) is 24.5. The first-order valence-electron chi connectivity index (χ1n) is 10.7. The molecule has 1 aliphatic rings. The molecule has 0 radical (unpaired) electrons. The van der Waals surface area contributed by atoms with Crippen molar-refractivity contribution in [2.45, 2.75) is 12.2 Å². The molecule has 1 aliphatic heterocycles. The third kappa shape index (κ3) is 7.63. The molecule has 0 spiro atoms. The van der Waals surface area contributed by atoms with Crippen molar-refractivity contribution >= 4 is 29.1 Å². The van der Waals surface area contributed by atoms with Crippen molar-refractivity contribution in [3.8, 4) is 17.2 Å². The first-order valence-corrected chi connectivity index (χ1v) is 11.4. The van der Waals surface area contributed by atoms with Crippen LogP contribution in [-0.2, 0) is 9.57 Å². The molecule has 9 nitrogen and oxygen atoms in total. The number of ether oxygens (including phenoxy) is 4. The summed E-state index contributed by atoms with van der Waals surface area (Å²) >= 11 is 12.1. The van der Waals surface area contributed by atoms with Gasteiger partial charge in [-0.05, 0) is 30.3 Å². The summed E-state index contributed by atoms with van der Waals surface area (Å²) in [5, 5.41) is 15.5. The van der Waals surface area contributed by atoms with Gasteiger partial charge >= 0.3 is 0 Å². The van der Waals surface area contributed by atoms with Crippen LogP contribution in [0.25, 0.3) is 0 Å². The van der Waals surface area contributed by atoms with E-state index in [1.54, 1.807) is 36.4 Å². The second-order valence-corrected chi connectivity index (χ2v) is 8.34. The molecule has 1 amide bonds. The molecule has 0 unspecified atom stereocenters. The van der Waals surface area contributed by atoms with E-state index < -0.39 is 6.10 Å². The summed E-state index contributed by atoms with van der Waals surface area (Å²) in [7, 11) is 3.07. The quantitative estimate of drug-likeness (QED) is 0.417. The molecule has 2 N–H and O–H groups in total. The Bertz CT molecular complexity index is 946. The number of aliphatic hydroxyl groups excluding tert-OH is 1. The van der Waals surface area contributed by atoms with Crippen molar-refractivity contribution in [1.29, 1.82) is 0 Å². The van der Waals surface area contributed by atoms with Gasteiger partial charge in [0.15, 0.2) is 0 Å². The zero-order valence-electron chi connectivity index (χ0n) is 19.0. The lowest BCUT2D eigenvalue weighted by molar-refractivity contribution is -0.131. The Morgan fingerprint density at radius 3 is 2.68 bits per heavy atom. The number of halogens is 2. The van der Waals surface area contributed by atoms with Crippen molar-refractivity contribution in [3.05, 3.63) is 52.0 Å². The van der Waals surface area contributed by atoms with E-state index in [4.69, 9.17) is 47.0 Å². The lowest BCUT2D eigenvalue weighted by Gasteiger charge is -2.20. The minimum Gasteiger partial charge on any atom is -0.490 e. The number of amides is 1. The Balaban J connectivity index is 1.54. The van der Waals surface area contributed by atoms with Gasteiger partial charge in [0.1, 0.15) is 49.3 Å². The highest BCUT2D eigenvalue weighted by atomic mass is 35.5. The van der Waals surface area contributed by atoms with E-state index in [1.807, 2.05) is 0 Å². The number of nitrogens with zero attached hydrogens (tertiary/aromatic N) is 1. The number of benzene rings is 2. The zero-order valence-corrected chi connectivity index (χ0v) is 20.5. The minimum atomic E-state index is -0.889. The molecule has 2 aromatic carbocycles. The Kier molecular flexibility index (Phi) is 10.1. The molecule has 1 fully saturated rings. The molecule has 0 aromatic heterocycles. The Hall–Kier alpha value is -2.27. The number of carbonyl (C=O) groups is 1. The predicted octanol–water partition coefficient (Wildman–Crippen LogP) is 2.81. The number of hydrogen-bond donors (Lipinski definition) is 2. The normalized spacial score (nSPS) is 16.8. The fraction of sp³-hybridized carbons (Fsp3) is 0.435. The van der Waals surface area contributed by atoms with Crippen molar-refractivity contribution in [3.63, 3.8) is 0 Å². The molecule has 0 saturated carbocycles. The lowest BCUT2D eigenvalue weighted by atomic mass is 10.1. The smallest absolute Gasteiger partial charge is 0.254 e. The van der Waals surface area contributed by atoms with Gasteiger partial charge in [0.25, 0.3) is 5.91 Å². The first-order chi connectivity index (χ1) is 16.4. The van der Waals surface area contributed by atoms with Gasteiger partial charge < -0.3 is 29.4 Å². The van der Waals surface area contributed by atoms with Crippen LogP contribution in [0.5, 0.6) is 17.2 Å². The molecule has 186 valence electrons. The molecule has 2 aromatic rings. The monoisotopic (exact) mass is 514 g/mol. The van der Waals surface area contributed by atoms with Gasteiger partial charge in [-0.1, -0.05) is 23.2 Å². The molecular formula is C23H28Cl2N2O7. The largest absolute Gasteiger partial charge is 0.490 e. The number of rotatable bonds is 12. The van der Waals surface area contributed by atoms with Crippen LogP contribution in [0.2, 0.25) is 10.0 Å². The molecule has 2 atom stereocenters. The number of aliphatic hydroxyl groups is 1. The van der Waals surface area contributed by atoms with Crippen LogP contribution >= 0.6 is 23.2 Å². The van der Waals surface area contributed by atoms with Crippen LogP contribution in [0, 0.1) is 0 Å². The van der Waals surface area contributed by atoms with Crippen molar-refractivity contribution in [2.75, 3.05) is 53.7 Å². The van der Waals surface area contributed by atoms with Gasteiger partial charge in [-0.2, -0.15) is 5.06 Å². The standard InChI is InChI=1S/C23H28Cl2N2O7/c1-26-23(29)19-9-20(25)22(31-8-7-30-2)10-21(19)32-13-16(28)11-27-12-18(14-33-27)34-17-5-3-15(24)4-6-17/h3-6,9-10,16,18,28H,7-8,11-14H2,1-2H3,(H,26,29)/t16-,18+/m0/s1. The number of hydroxylamine groups is 2. The molecular weight excluding hydrogens is 487 g/mol. The summed E-state index contributed by atoms with van der Waals surface area (Å²) in [5.74, 6) is 0.902. The van der Waals surface area contributed by atoms with Crippen LogP contribution in [-0.4, -0.2) is 82.0 Å². The highest BCUT2D eigenvalue weighted by Gasteiger charge is 2.27. The average Bonchev–Trinajstić information content (AvgIpc) is 3.26. The summed E-state index contributed by atoms with van der Waals surface area (Å²) in [4.78, 5) is 17.9. The van der Waals surface area contributed by atoms with Crippen LogP contribution in [0.3, 0.4) is 0 Å². The van der Waals surface area contributed by atoms with E-state index in [0.717, 1.165) is 0 Å². The number of methoxy groups -OCH3 is 1. The van der Waals surface area contributed by atoms with Crippen LogP contribution in [0.4, 0.5) is 0 Å². The van der Waals surface area contributed by atoms with Crippen LogP contribution < -0.4 is 19.5 Å². The van der Waals surface area contributed by atoms with E-state index in [2.05, 4.69) is 5.32 Å². The Morgan fingerprint density at radius 2 is 1.97 bits per heavy atom. The second-order valence-electron chi connectivity index (χ2n) is 7.50.